The predicted octanol–water partition coefficient (Wildman–Crippen LogP) is 2.38. The maximum absolute atomic E-state index is 9.90. The number of fused-ring (bicyclic) bond motifs is 3. The molecular formula is C16H18O4S2. The lowest BCUT2D eigenvalue weighted by Crippen LogP contribution is -2.53. The number of aliphatic hydroxyl groups is 1. The van der Waals surface area contributed by atoms with Gasteiger partial charge >= 0.3 is 0 Å². The largest absolute Gasteiger partial charge is 0.393 e. The molecule has 1 fully saturated rings. The second kappa shape index (κ2) is 6.19. The highest BCUT2D eigenvalue weighted by Gasteiger charge is 2.56. The van der Waals surface area contributed by atoms with Gasteiger partial charge in [0.25, 0.3) is 0 Å². The van der Waals surface area contributed by atoms with Crippen LogP contribution in [-0.2, 0) is 20.8 Å². The fourth-order valence-electron chi connectivity index (χ4n) is 2.99. The molecule has 0 aliphatic carbocycles. The molecule has 3 atom stereocenters. The molecule has 0 unspecified atom stereocenters. The fourth-order valence-corrected chi connectivity index (χ4v) is 5.62. The molecule has 0 amide bonds. The Morgan fingerprint density at radius 1 is 1.18 bits per heavy atom. The van der Waals surface area contributed by atoms with E-state index < -0.39 is 5.60 Å². The van der Waals surface area contributed by atoms with E-state index in [4.69, 9.17) is 14.2 Å². The Hall–Kier alpha value is -0.500. The molecule has 4 rings (SSSR count). The number of ether oxygens (including phenoxy) is 3. The van der Waals surface area contributed by atoms with E-state index in [1.807, 2.05) is 42.1 Å². The van der Waals surface area contributed by atoms with E-state index in [2.05, 4.69) is 0 Å². The molecule has 0 saturated carbocycles. The third kappa shape index (κ3) is 2.52. The number of aliphatic hydroxyl groups excluding tert-OH is 1. The van der Waals surface area contributed by atoms with Crippen LogP contribution in [0.15, 0.2) is 40.1 Å². The summed E-state index contributed by atoms with van der Waals surface area (Å²) in [5, 5.41) is 9.90. The molecule has 2 bridgehead atoms. The molecule has 3 heterocycles. The zero-order valence-electron chi connectivity index (χ0n) is 12.1. The summed E-state index contributed by atoms with van der Waals surface area (Å²) >= 11 is 3.60. The lowest BCUT2D eigenvalue weighted by atomic mass is 9.96. The van der Waals surface area contributed by atoms with Crippen molar-refractivity contribution in [2.75, 3.05) is 24.7 Å². The second-order valence-electron chi connectivity index (χ2n) is 5.59. The second-order valence-corrected chi connectivity index (χ2v) is 7.86. The first-order valence-corrected chi connectivity index (χ1v) is 9.35. The Labute approximate surface area is 138 Å². The van der Waals surface area contributed by atoms with E-state index in [1.54, 1.807) is 11.8 Å². The van der Waals surface area contributed by atoms with Crippen molar-refractivity contribution >= 4 is 23.5 Å². The van der Waals surface area contributed by atoms with E-state index in [1.165, 1.54) is 4.91 Å². The van der Waals surface area contributed by atoms with E-state index in [-0.39, 0.29) is 19.0 Å². The molecule has 0 radical (unpaired) electrons. The van der Waals surface area contributed by atoms with Crippen molar-refractivity contribution < 1.29 is 19.3 Å². The summed E-state index contributed by atoms with van der Waals surface area (Å²) in [5.41, 5.74) is 0.357. The average molecular weight is 338 g/mol. The molecule has 118 valence electrons. The zero-order chi connectivity index (χ0) is 15.0. The highest BCUT2D eigenvalue weighted by Crippen LogP contribution is 2.51. The molecule has 1 aromatic carbocycles. The van der Waals surface area contributed by atoms with Crippen LogP contribution < -0.4 is 0 Å². The zero-order valence-corrected chi connectivity index (χ0v) is 13.7. The summed E-state index contributed by atoms with van der Waals surface area (Å²) in [6.07, 6.45) is -0.583. The Morgan fingerprint density at radius 2 is 1.95 bits per heavy atom. The maximum Gasteiger partial charge on any atom is 0.191 e. The van der Waals surface area contributed by atoms with E-state index in [0.29, 0.717) is 13.2 Å². The van der Waals surface area contributed by atoms with Crippen LogP contribution in [0.4, 0.5) is 0 Å². The van der Waals surface area contributed by atoms with Crippen LogP contribution in [0, 0.1) is 0 Å². The van der Waals surface area contributed by atoms with Gasteiger partial charge in [0.15, 0.2) is 6.29 Å². The Bertz CT molecular complexity index is 577. The van der Waals surface area contributed by atoms with Crippen LogP contribution in [0.3, 0.4) is 0 Å². The van der Waals surface area contributed by atoms with Crippen molar-refractivity contribution in [1.82, 2.24) is 0 Å². The Kier molecular flexibility index (Phi) is 4.23. The van der Waals surface area contributed by atoms with E-state index >= 15 is 0 Å². The molecule has 22 heavy (non-hydrogen) atoms. The molecule has 3 aliphatic rings. The molecule has 3 aliphatic heterocycles. The predicted molar refractivity (Wildman–Crippen MR) is 87.6 cm³/mol. The van der Waals surface area contributed by atoms with Crippen LogP contribution in [0.2, 0.25) is 0 Å². The van der Waals surface area contributed by atoms with Gasteiger partial charge in [-0.05, 0) is 5.56 Å². The van der Waals surface area contributed by atoms with E-state index in [9.17, 15) is 5.11 Å². The maximum atomic E-state index is 9.90. The van der Waals surface area contributed by atoms with Gasteiger partial charge in [-0.1, -0.05) is 30.3 Å². The van der Waals surface area contributed by atoms with Gasteiger partial charge < -0.3 is 19.3 Å². The van der Waals surface area contributed by atoms with Crippen molar-refractivity contribution in [2.45, 2.75) is 24.6 Å². The standard InChI is InChI=1S/C16H18O4S2/c17-9-16-10-19-15(20-16)13-12(21-6-7-22-13)14(16)18-8-11-4-2-1-3-5-11/h1-5,14-15,17H,6-10H2/t14-,15+,16+/m1/s1. The number of rotatable bonds is 4. The third-order valence-electron chi connectivity index (χ3n) is 4.12. The molecule has 1 saturated heterocycles. The van der Waals surface area contributed by atoms with Gasteiger partial charge in [-0.2, -0.15) is 0 Å². The van der Waals surface area contributed by atoms with Crippen LogP contribution in [0.5, 0.6) is 0 Å². The third-order valence-corrected chi connectivity index (χ3v) is 6.79. The SMILES string of the molecule is OC[C@@]12CO[C@@H](O1)C1=C(SCCS1)[C@H]2OCc1ccccc1. The number of hydrogen-bond acceptors (Lipinski definition) is 6. The number of benzene rings is 1. The van der Waals surface area contributed by atoms with Gasteiger partial charge in [-0.3, -0.25) is 0 Å². The highest BCUT2D eigenvalue weighted by atomic mass is 32.2. The van der Waals surface area contributed by atoms with Crippen LogP contribution in [-0.4, -0.2) is 47.8 Å². The molecule has 6 heteroatoms. The van der Waals surface area contributed by atoms with Crippen LogP contribution >= 0.6 is 23.5 Å². The summed E-state index contributed by atoms with van der Waals surface area (Å²) in [6, 6.07) is 10.1. The van der Waals surface area contributed by atoms with Crippen molar-refractivity contribution in [3.63, 3.8) is 0 Å². The summed E-state index contributed by atoms with van der Waals surface area (Å²) in [6.45, 7) is 0.788. The van der Waals surface area contributed by atoms with Gasteiger partial charge in [0.2, 0.25) is 0 Å². The van der Waals surface area contributed by atoms with Gasteiger partial charge in [0, 0.05) is 16.4 Å². The number of hydrogen-bond donors (Lipinski definition) is 1. The molecule has 1 N–H and O–H groups in total. The number of thioether (sulfide) groups is 2. The summed E-state index contributed by atoms with van der Waals surface area (Å²) in [4.78, 5) is 2.32. The smallest absolute Gasteiger partial charge is 0.191 e. The van der Waals surface area contributed by atoms with Crippen LogP contribution in [0.25, 0.3) is 0 Å². The molecule has 1 aromatic rings. The summed E-state index contributed by atoms with van der Waals surface area (Å²) in [5.74, 6) is 2.12. The van der Waals surface area contributed by atoms with Crippen molar-refractivity contribution in [3.05, 3.63) is 45.7 Å². The average Bonchev–Trinajstić information content (AvgIpc) is 2.97. The minimum absolute atomic E-state index is 0.0923. The summed E-state index contributed by atoms with van der Waals surface area (Å²) in [7, 11) is 0. The first-order chi connectivity index (χ1) is 10.8. The Balaban J connectivity index is 1.61. The fraction of sp³-hybridized carbons (Fsp3) is 0.500. The van der Waals surface area contributed by atoms with Gasteiger partial charge in [0.1, 0.15) is 11.7 Å². The van der Waals surface area contributed by atoms with Gasteiger partial charge in [0.05, 0.1) is 24.7 Å². The van der Waals surface area contributed by atoms with E-state index in [0.717, 1.165) is 22.0 Å². The lowest BCUT2D eigenvalue weighted by molar-refractivity contribution is -0.152. The quantitative estimate of drug-likeness (QED) is 0.910. The Morgan fingerprint density at radius 3 is 2.73 bits per heavy atom. The first kappa shape index (κ1) is 15.1. The molecule has 0 spiro atoms. The van der Waals surface area contributed by atoms with Gasteiger partial charge in [-0.15, -0.1) is 23.5 Å². The summed E-state index contributed by atoms with van der Waals surface area (Å²) < 4.78 is 18.0. The molecule has 4 nitrogen and oxygen atoms in total. The normalized spacial score (nSPS) is 33.9. The van der Waals surface area contributed by atoms with Crippen molar-refractivity contribution in [3.8, 4) is 0 Å². The minimum Gasteiger partial charge on any atom is -0.393 e. The molecular weight excluding hydrogens is 320 g/mol. The lowest BCUT2D eigenvalue weighted by Gasteiger charge is -2.40. The van der Waals surface area contributed by atoms with Gasteiger partial charge in [-0.25, -0.2) is 0 Å². The molecule has 0 aromatic heterocycles. The topological polar surface area (TPSA) is 47.9 Å². The van der Waals surface area contributed by atoms with Crippen LogP contribution in [0.1, 0.15) is 5.56 Å². The monoisotopic (exact) mass is 338 g/mol. The first-order valence-electron chi connectivity index (χ1n) is 7.38. The van der Waals surface area contributed by atoms with Crippen molar-refractivity contribution in [2.24, 2.45) is 0 Å². The highest BCUT2D eigenvalue weighted by molar-refractivity contribution is 8.10. The van der Waals surface area contributed by atoms with Crippen molar-refractivity contribution in [1.29, 1.82) is 0 Å². The minimum atomic E-state index is -0.761.